The molecule has 0 amide bonds. The highest BCUT2D eigenvalue weighted by atomic mass is 16.4. The molecule has 1 fully saturated rings. The van der Waals surface area contributed by atoms with Crippen molar-refractivity contribution in [2.75, 3.05) is 6.54 Å². The fourth-order valence-electron chi connectivity index (χ4n) is 3.03. The Morgan fingerprint density at radius 1 is 1.45 bits per heavy atom. The number of oxazole rings is 1. The maximum Gasteiger partial charge on any atom is 0.208 e. The maximum absolute atomic E-state index is 10.2. The molecule has 1 saturated carbocycles. The van der Waals surface area contributed by atoms with Gasteiger partial charge in [0.25, 0.3) is 0 Å². The van der Waals surface area contributed by atoms with Crippen molar-refractivity contribution in [2.24, 2.45) is 5.92 Å². The summed E-state index contributed by atoms with van der Waals surface area (Å²) in [6.07, 6.45) is 3.88. The molecule has 2 aromatic heterocycles. The zero-order valence-electron chi connectivity index (χ0n) is 13.0. The average Bonchev–Trinajstić information content (AvgIpc) is 3.20. The molecule has 7 nitrogen and oxygen atoms in total. The Morgan fingerprint density at radius 3 is 3.00 bits per heavy atom. The van der Waals surface area contributed by atoms with E-state index < -0.39 is 0 Å². The Labute approximate surface area is 129 Å². The predicted octanol–water partition coefficient (Wildman–Crippen LogP) is 1.31. The van der Waals surface area contributed by atoms with Crippen molar-refractivity contribution in [2.45, 2.75) is 51.7 Å². The third kappa shape index (κ3) is 3.36. The van der Waals surface area contributed by atoms with Gasteiger partial charge in [-0.1, -0.05) is 6.92 Å². The second-order valence-corrected chi connectivity index (χ2v) is 5.99. The van der Waals surface area contributed by atoms with E-state index in [9.17, 15) is 5.11 Å². The second kappa shape index (κ2) is 6.58. The van der Waals surface area contributed by atoms with Crippen LogP contribution in [0.25, 0.3) is 0 Å². The fraction of sp³-hybridized carbons (Fsp3) is 0.667. The van der Waals surface area contributed by atoms with Crippen molar-refractivity contribution in [3.05, 3.63) is 29.5 Å². The SMILES string of the molecule is CCc1nc([C@H]2C[C@H](CNCc3ncc(C)o3)[C@H](O)C2)n[nH]1. The Kier molecular flexibility index (Phi) is 4.54. The summed E-state index contributed by atoms with van der Waals surface area (Å²) >= 11 is 0. The van der Waals surface area contributed by atoms with Gasteiger partial charge in [0.15, 0.2) is 5.82 Å². The fourth-order valence-corrected chi connectivity index (χ4v) is 3.03. The minimum atomic E-state index is -0.313. The lowest BCUT2D eigenvalue weighted by atomic mass is 10.0. The van der Waals surface area contributed by atoms with E-state index >= 15 is 0 Å². The largest absolute Gasteiger partial charge is 0.445 e. The van der Waals surface area contributed by atoms with Crippen LogP contribution in [0.2, 0.25) is 0 Å². The number of aromatic nitrogens is 4. The first-order chi connectivity index (χ1) is 10.7. The number of aromatic amines is 1. The third-order valence-corrected chi connectivity index (χ3v) is 4.26. The van der Waals surface area contributed by atoms with E-state index in [1.165, 1.54) is 0 Å². The van der Waals surface area contributed by atoms with Crippen LogP contribution < -0.4 is 5.32 Å². The second-order valence-electron chi connectivity index (χ2n) is 5.99. The van der Waals surface area contributed by atoms with Gasteiger partial charge < -0.3 is 14.8 Å². The van der Waals surface area contributed by atoms with Gasteiger partial charge in [0.05, 0.1) is 18.8 Å². The molecular weight excluding hydrogens is 282 g/mol. The Balaban J connectivity index is 1.50. The first kappa shape index (κ1) is 15.2. The quantitative estimate of drug-likeness (QED) is 0.744. The highest BCUT2D eigenvalue weighted by Gasteiger charge is 2.35. The minimum absolute atomic E-state index is 0.213. The third-order valence-electron chi connectivity index (χ3n) is 4.26. The first-order valence-corrected chi connectivity index (χ1v) is 7.87. The molecule has 0 spiro atoms. The lowest BCUT2D eigenvalue weighted by Crippen LogP contribution is -2.27. The molecule has 0 radical (unpaired) electrons. The summed E-state index contributed by atoms with van der Waals surface area (Å²) in [7, 11) is 0. The molecule has 1 aliphatic carbocycles. The van der Waals surface area contributed by atoms with Gasteiger partial charge in [-0.15, -0.1) is 0 Å². The lowest BCUT2D eigenvalue weighted by molar-refractivity contribution is 0.130. The van der Waals surface area contributed by atoms with Crippen LogP contribution >= 0.6 is 0 Å². The van der Waals surface area contributed by atoms with E-state index in [1.54, 1.807) is 6.20 Å². The topological polar surface area (TPSA) is 99.9 Å². The number of aryl methyl sites for hydroxylation is 2. The van der Waals surface area contributed by atoms with Gasteiger partial charge in [0, 0.05) is 18.9 Å². The van der Waals surface area contributed by atoms with Crippen LogP contribution in [0.1, 0.15) is 49.0 Å². The summed E-state index contributed by atoms with van der Waals surface area (Å²) in [5, 5.41) is 20.8. The summed E-state index contributed by atoms with van der Waals surface area (Å²) in [5.74, 6) is 3.69. The number of rotatable bonds is 6. The van der Waals surface area contributed by atoms with Crippen LogP contribution in [0, 0.1) is 12.8 Å². The monoisotopic (exact) mass is 305 g/mol. The molecule has 0 saturated heterocycles. The van der Waals surface area contributed by atoms with E-state index in [0.717, 1.165) is 43.2 Å². The standard InChI is InChI=1S/C15H23N5O2/c1-3-13-18-15(20-19-13)10-4-11(12(21)5-10)7-16-8-14-17-6-9(2)22-14/h6,10-12,16,21H,3-5,7-8H2,1-2H3,(H,18,19,20)/t10-,11+,12+/m0/s1. The van der Waals surface area contributed by atoms with Crippen LogP contribution in [0.4, 0.5) is 0 Å². The molecular formula is C15H23N5O2. The molecule has 3 rings (SSSR count). The number of nitrogens with zero attached hydrogens (tertiary/aromatic N) is 3. The van der Waals surface area contributed by atoms with Gasteiger partial charge in [-0.05, 0) is 25.7 Å². The maximum atomic E-state index is 10.2. The number of H-pyrrole nitrogens is 1. The number of aliphatic hydroxyl groups is 1. The molecule has 2 heterocycles. The molecule has 3 atom stereocenters. The van der Waals surface area contributed by atoms with Gasteiger partial charge in [0.2, 0.25) is 5.89 Å². The van der Waals surface area contributed by atoms with E-state index in [0.29, 0.717) is 12.4 Å². The summed E-state index contributed by atoms with van der Waals surface area (Å²) in [5.41, 5.74) is 0. The number of hydrogen-bond acceptors (Lipinski definition) is 6. The number of aliphatic hydroxyl groups excluding tert-OH is 1. The van der Waals surface area contributed by atoms with E-state index in [2.05, 4.69) is 25.5 Å². The predicted molar refractivity (Wildman–Crippen MR) is 80.2 cm³/mol. The molecule has 0 aromatic carbocycles. The molecule has 0 unspecified atom stereocenters. The Bertz CT molecular complexity index is 609. The summed E-state index contributed by atoms with van der Waals surface area (Å²) < 4.78 is 5.42. The zero-order chi connectivity index (χ0) is 15.5. The Morgan fingerprint density at radius 2 is 2.32 bits per heavy atom. The van der Waals surface area contributed by atoms with E-state index in [4.69, 9.17) is 4.42 Å². The van der Waals surface area contributed by atoms with E-state index in [-0.39, 0.29) is 17.9 Å². The zero-order valence-corrected chi connectivity index (χ0v) is 13.0. The van der Waals surface area contributed by atoms with Gasteiger partial charge in [-0.3, -0.25) is 5.10 Å². The van der Waals surface area contributed by atoms with Crippen molar-refractivity contribution in [1.82, 2.24) is 25.5 Å². The Hall–Kier alpha value is -1.73. The molecule has 22 heavy (non-hydrogen) atoms. The van der Waals surface area contributed by atoms with Gasteiger partial charge in [-0.25, -0.2) is 9.97 Å². The molecule has 1 aliphatic rings. The normalized spacial score (nSPS) is 25.0. The van der Waals surface area contributed by atoms with Crippen LogP contribution in [0.5, 0.6) is 0 Å². The van der Waals surface area contributed by atoms with Crippen molar-refractivity contribution >= 4 is 0 Å². The van der Waals surface area contributed by atoms with Crippen LogP contribution in [-0.2, 0) is 13.0 Å². The van der Waals surface area contributed by atoms with Crippen molar-refractivity contribution in [3.8, 4) is 0 Å². The van der Waals surface area contributed by atoms with Crippen molar-refractivity contribution < 1.29 is 9.52 Å². The van der Waals surface area contributed by atoms with Gasteiger partial charge >= 0.3 is 0 Å². The molecule has 120 valence electrons. The highest BCUT2D eigenvalue weighted by Crippen LogP contribution is 2.36. The van der Waals surface area contributed by atoms with Crippen LogP contribution in [0.3, 0.4) is 0 Å². The van der Waals surface area contributed by atoms with Gasteiger partial charge in [-0.2, -0.15) is 5.10 Å². The molecule has 2 aromatic rings. The minimum Gasteiger partial charge on any atom is -0.445 e. The van der Waals surface area contributed by atoms with Crippen LogP contribution in [-0.4, -0.2) is 37.9 Å². The van der Waals surface area contributed by atoms with Crippen molar-refractivity contribution in [1.29, 1.82) is 0 Å². The average molecular weight is 305 g/mol. The van der Waals surface area contributed by atoms with E-state index in [1.807, 2.05) is 13.8 Å². The summed E-state index contributed by atoms with van der Waals surface area (Å²) in [6, 6.07) is 0. The summed E-state index contributed by atoms with van der Waals surface area (Å²) in [6.45, 7) is 5.25. The highest BCUT2D eigenvalue weighted by molar-refractivity contribution is 5.04. The summed E-state index contributed by atoms with van der Waals surface area (Å²) in [4.78, 5) is 8.64. The first-order valence-electron chi connectivity index (χ1n) is 7.87. The molecule has 0 bridgehead atoms. The number of hydrogen-bond donors (Lipinski definition) is 3. The van der Waals surface area contributed by atoms with Crippen LogP contribution in [0.15, 0.2) is 10.6 Å². The smallest absolute Gasteiger partial charge is 0.208 e. The lowest BCUT2D eigenvalue weighted by Gasteiger charge is -2.14. The van der Waals surface area contributed by atoms with Gasteiger partial charge in [0.1, 0.15) is 11.6 Å². The molecule has 3 N–H and O–H groups in total. The molecule has 0 aliphatic heterocycles. The number of nitrogens with one attached hydrogen (secondary N) is 2. The molecule has 7 heteroatoms. The van der Waals surface area contributed by atoms with Crippen molar-refractivity contribution in [3.63, 3.8) is 0 Å².